The van der Waals surface area contributed by atoms with Crippen LogP contribution in [0.5, 0.6) is 0 Å². The van der Waals surface area contributed by atoms with Gasteiger partial charge in [-0.05, 0) is 49.6 Å². The van der Waals surface area contributed by atoms with Gasteiger partial charge in [-0.1, -0.05) is 42.1 Å². The first-order valence-corrected chi connectivity index (χ1v) is 11.0. The van der Waals surface area contributed by atoms with Crippen molar-refractivity contribution >= 4 is 40.4 Å². The number of hydrogen-bond donors (Lipinski definition) is 1. The standard InChI is InChI=1S/C23H25N3O4S/c1-2-30-22(29)17-10-12-18(13-11-17)25-23-26(21(28)19(31-23)15-20(24)27)14-6-9-16-7-4-3-5-8-16/h3-5,7-8,10-13,19H,2,6,9,14-15H2,1H3,(H2,24,27)/t19-/m0/s1. The molecular weight excluding hydrogens is 414 g/mol. The van der Waals surface area contributed by atoms with Gasteiger partial charge in [-0.25, -0.2) is 9.79 Å². The van der Waals surface area contributed by atoms with Crippen LogP contribution in [0.2, 0.25) is 0 Å². The Labute approximate surface area is 185 Å². The molecule has 1 saturated heterocycles. The Morgan fingerprint density at radius 3 is 2.48 bits per heavy atom. The second kappa shape index (κ2) is 10.8. The van der Waals surface area contributed by atoms with Crippen molar-refractivity contribution in [3.05, 3.63) is 65.7 Å². The van der Waals surface area contributed by atoms with Crippen LogP contribution in [-0.2, 0) is 20.7 Å². The summed E-state index contributed by atoms with van der Waals surface area (Å²) in [7, 11) is 0. The number of carbonyl (C=O) groups is 3. The molecule has 2 N–H and O–H groups in total. The fourth-order valence-electron chi connectivity index (χ4n) is 3.20. The molecule has 7 nitrogen and oxygen atoms in total. The summed E-state index contributed by atoms with van der Waals surface area (Å²) in [5, 5.41) is -0.0278. The number of nitrogens with zero attached hydrogens (tertiary/aromatic N) is 2. The number of rotatable bonds is 9. The minimum Gasteiger partial charge on any atom is -0.462 e. The van der Waals surface area contributed by atoms with E-state index in [0.717, 1.165) is 12.8 Å². The number of amidine groups is 1. The van der Waals surface area contributed by atoms with Crippen molar-refractivity contribution in [2.45, 2.75) is 31.4 Å². The van der Waals surface area contributed by atoms with Crippen LogP contribution < -0.4 is 5.73 Å². The zero-order valence-electron chi connectivity index (χ0n) is 17.3. The van der Waals surface area contributed by atoms with Gasteiger partial charge in [0.05, 0.1) is 17.9 Å². The van der Waals surface area contributed by atoms with E-state index in [9.17, 15) is 14.4 Å². The minimum absolute atomic E-state index is 0.0283. The van der Waals surface area contributed by atoms with Gasteiger partial charge in [0.15, 0.2) is 5.17 Å². The lowest BCUT2D eigenvalue weighted by Gasteiger charge is -2.16. The Balaban J connectivity index is 1.74. The number of hydrogen-bond acceptors (Lipinski definition) is 6. The lowest BCUT2D eigenvalue weighted by Crippen LogP contribution is -2.34. The highest BCUT2D eigenvalue weighted by molar-refractivity contribution is 8.15. The van der Waals surface area contributed by atoms with Gasteiger partial charge in [0.1, 0.15) is 5.25 Å². The number of aliphatic imine (C=N–C) groups is 1. The predicted octanol–water partition coefficient (Wildman–Crippen LogP) is 3.30. The van der Waals surface area contributed by atoms with E-state index >= 15 is 0 Å². The van der Waals surface area contributed by atoms with E-state index in [1.54, 1.807) is 36.1 Å². The Kier molecular flexibility index (Phi) is 7.83. The highest BCUT2D eigenvalue weighted by atomic mass is 32.2. The van der Waals surface area contributed by atoms with Crippen LogP contribution in [0.25, 0.3) is 0 Å². The Morgan fingerprint density at radius 2 is 1.84 bits per heavy atom. The van der Waals surface area contributed by atoms with E-state index < -0.39 is 17.1 Å². The van der Waals surface area contributed by atoms with Gasteiger partial charge in [-0.2, -0.15) is 0 Å². The van der Waals surface area contributed by atoms with Crippen LogP contribution in [0.3, 0.4) is 0 Å². The van der Waals surface area contributed by atoms with Crippen molar-refractivity contribution in [1.82, 2.24) is 4.90 Å². The molecule has 1 aliphatic heterocycles. The maximum atomic E-state index is 12.9. The van der Waals surface area contributed by atoms with Gasteiger partial charge in [-0.3, -0.25) is 14.5 Å². The molecule has 0 aliphatic carbocycles. The molecule has 0 aromatic heterocycles. The summed E-state index contributed by atoms with van der Waals surface area (Å²) in [6.07, 6.45) is 1.57. The van der Waals surface area contributed by atoms with Crippen molar-refractivity contribution in [3.8, 4) is 0 Å². The molecule has 2 amide bonds. The van der Waals surface area contributed by atoms with E-state index in [0.29, 0.717) is 29.6 Å². The summed E-state index contributed by atoms with van der Waals surface area (Å²) in [4.78, 5) is 42.3. The molecule has 0 spiro atoms. The van der Waals surface area contributed by atoms with E-state index in [2.05, 4.69) is 17.1 Å². The third kappa shape index (κ3) is 6.18. The lowest BCUT2D eigenvalue weighted by molar-refractivity contribution is -0.128. The maximum absolute atomic E-state index is 12.9. The topological polar surface area (TPSA) is 102 Å². The second-order valence-corrected chi connectivity index (χ2v) is 8.19. The highest BCUT2D eigenvalue weighted by Crippen LogP contribution is 2.32. The minimum atomic E-state index is -0.563. The number of ether oxygens (including phenoxy) is 1. The summed E-state index contributed by atoms with van der Waals surface area (Å²) >= 11 is 1.25. The Bertz CT molecular complexity index is 961. The number of aryl methyl sites for hydroxylation is 1. The Morgan fingerprint density at radius 1 is 1.13 bits per heavy atom. The smallest absolute Gasteiger partial charge is 0.338 e. The van der Waals surface area contributed by atoms with Crippen LogP contribution in [0, 0.1) is 0 Å². The average molecular weight is 440 g/mol. The number of amides is 2. The van der Waals surface area contributed by atoms with E-state index in [-0.39, 0.29) is 12.3 Å². The molecule has 0 saturated carbocycles. The fraction of sp³-hybridized carbons (Fsp3) is 0.304. The number of nitrogens with two attached hydrogens (primary N) is 1. The SMILES string of the molecule is CCOC(=O)c1ccc(N=C2S[C@@H](CC(N)=O)C(=O)N2CCCc2ccccc2)cc1. The molecule has 1 atom stereocenters. The first-order valence-electron chi connectivity index (χ1n) is 10.1. The first-order chi connectivity index (χ1) is 15.0. The number of carbonyl (C=O) groups excluding carboxylic acids is 3. The van der Waals surface area contributed by atoms with Gasteiger partial charge in [0.25, 0.3) is 0 Å². The molecule has 1 heterocycles. The zero-order valence-corrected chi connectivity index (χ0v) is 18.1. The summed E-state index contributed by atoms with van der Waals surface area (Å²) in [6.45, 7) is 2.55. The van der Waals surface area contributed by atoms with Crippen molar-refractivity contribution in [1.29, 1.82) is 0 Å². The summed E-state index contributed by atoms with van der Waals surface area (Å²) in [6, 6.07) is 16.7. The molecule has 0 bridgehead atoms. The van der Waals surface area contributed by atoms with Crippen molar-refractivity contribution < 1.29 is 19.1 Å². The second-order valence-electron chi connectivity index (χ2n) is 7.02. The number of benzene rings is 2. The molecule has 8 heteroatoms. The van der Waals surface area contributed by atoms with Gasteiger partial charge >= 0.3 is 5.97 Å². The lowest BCUT2D eigenvalue weighted by atomic mass is 10.1. The molecule has 3 rings (SSSR count). The van der Waals surface area contributed by atoms with Crippen LogP contribution in [0.1, 0.15) is 35.7 Å². The molecule has 0 radical (unpaired) electrons. The van der Waals surface area contributed by atoms with Gasteiger partial charge in [-0.15, -0.1) is 0 Å². The molecular formula is C23H25N3O4S. The van der Waals surface area contributed by atoms with Gasteiger partial charge < -0.3 is 10.5 Å². The third-order valence-electron chi connectivity index (χ3n) is 4.70. The summed E-state index contributed by atoms with van der Waals surface area (Å²) in [5.41, 5.74) is 7.56. The van der Waals surface area contributed by atoms with Crippen LogP contribution in [0.4, 0.5) is 5.69 Å². The molecule has 31 heavy (non-hydrogen) atoms. The van der Waals surface area contributed by atoms with Crippen molar-refractivity contribution in [3.63, 3.8) is 0 Å². The van der Waals surface area contributed by atoms with Crippen LogP contribution >= 0.6 is 11.8 Å². The van der Waals surface area contributed by atoms with Crippen LogP contribution in [-0.4, -0.2) is 46.3 Å². The maximum Gasteiger partial charge on any atom is 0.338 e. The van der Waals surface area contributed by atoms with Crippen molar-refractivity contribution in [2.75, 3.05) is 13.2 Å². The quantitative estimate of drug-likeness (QED) is 0.604. The largest absolute Gasteiger partial charge is 0.462 e. The van der Waals surface area contributed by atoms with E-state index in [1.165, 1.54) is 17.3 Å². The first kappa shape index (κ1) is 22.6. The molecule has 2 aromatic rings. The number of esters is 1. The highest BCUT2D eigenvalue weighted by Gasteiger charge is 2.38. The summed E-state index contributed by atoms with van der Waals surface area (Å²) < 4.78 is 4.99. The molecule has 162 valence electrons. The Hall–Kier alpha value is -3.13. The fourth-order valence-corrected chi connectivity index (χ4v) is 4.39. The number of primary amides is 1. The van der Waals surface area contributed by atoms with Crippen LogP contribution in [0.15, 0.2) is 59.6 Å². The molecule has 2 aromatic carbocycles. The monoisotopic (exact) mass is 439 g/mol. The van der Waals surface area contributed by atoms with Crippen molar-refractivity contribution in [2.24, 2.45) is 10.7 Å². The number of thioether (sulfide) groups is 1. The van der Waals surface area contributed by atoms with E-state index in [1.807, 2.05) is 18.2 Å². The predicted molar refractivity (Wildman–Crippen MR) is 121 cm³/mol. The van der Waals surface area contributed by atoms with Gasteiger partial charge in [0, 0.05) is 13.0 Å². The molecule has 1 fully saturated rings. The molecule has 0 unspecified atom stereocenters. The normalized spacial score (nSPS) is 17.2. The zero-order chi connectivity index (χ0) is 22.2. The summed E-state index contributed by atoms with van der Waals surface area (Å²) in [5.74, 6) is -1.06. The van der Waals surface area contributed by atoms with Gasteiger partial charge in [0.2, 0.25) is 11.8 Å². The van der Waals surface area contributed by atoms with E-state index in [4.69, 9.17) is 10.5 Å². The molecule has 1 aliphatic rings. The average Bonchev–Trinajstić information content (AvgIpc) is 3.03. The third-order valence-corrected chi connectivity index (χ3v) is 5.88.